The molecule has 28 heavy (non-hydrogen) atoms. The third-order valence-corrected chi connectivity index (χ3v) is 4.73. The molecule has 1 unspecified atom stereocenters. The van der Waals surface area contributed by atoms with E-state index in [1.165, 1.54) is 18.2 Å². The maximum Gasteiger partial charge on any atom is 0.306 e. The van der Waals surface area contributed by atoms with Gasteiger partial charge in [0.1, 0.15) is 6.10 Å². The number of nitrogens with zero attached hydrogens (tertiary/aromatic N) is 1. The van der Waals surface area contributed by atoms with E-state index in [2.05, 4.69) is 66.5 Å². The standard InChI is InChI=1S/C24H33NO3/c1-3-17-25(19-16-23(26)27-2)18-11-20-28-24(22-14-9-6-10-15-22)21-12-7-4-5-8-13-21/h4-7,9-10,12-15,24H,3,8,11,16-20H2,1-2H3. The van der Waals surface area contributed by atoms with Crippen molar-refractivity contribution < 1.29 is 14.3 Å². The Morgan fingerprint density at radius 3 is 2.71 bits per heavy atom. The number of ether oxygens (including phenoxy) is 2. The Morgan fingerprint density at radius 2 is 1.96 bits per heavy atom. The number of hydrogen-bond acceptors (Lipinski definition) is 4. The molecule has 0 aliphatic heterocycles. The number of rotatable bonds is 12. The van der Waals surface area contributed by atoms with E-state index in [0.29, 0.717) is 13.0 Å². The molecule has 1 atom stereocenters. The van der Waals surface area contributed by atoms with Crippen molar-refractivity contribution in [2.75, 3.05) is 33.4 Å². The SMILES string of the molecule is CCCN(CCCOC(C1=CCC=CC=C1)c1ccccc1)CCC(=O)OC. The molecule has 0 aromatic heterocycles. The molecule has 4 nitrogen and oxygen atoms in total. The second kappa shape index (κ2) is 13.1. The number of methoxy groups -OCH3 is 1. The summed E-state index contributed by atoms with van der Waals surface area (Å²) in [6, 6.07) is 10.4. The molecular formula is C24H33NO3. The lowest BCUT2D eigenvalue weighted by molar-refractivity contribution is -0.141. The third-order valence-electron chi connectivity index (χ3n) is 4.73. The van der Waals surface area contributed by atoms with E-state index in [-0.39, 0.29) is 12.1 Å². The van der Waals surface area contributed by atoms with Crippen molar-refractivity contribution in [3.8, 4) is 0 Å². The van der Waals surface area contributed by atoms with Crippen molar-refractivity contribution in [2.24, 2.45) is 0 Å². The van der Waals surface area contributed by atoms with Gasteiger partial charge in [-0.25, -0.2) is 0 Å². The van der Waals surface area contributed by atoms with E-state index in [9.17, 15) is 4.79 Å². The predicted molar refractivity (Wildman–Crippen MR) is 114 cm³/mol. The summed E-state index contributed by atoms with van der Waals surface area (Å²) >= 11 is 0. The first-order chi connectivity index (χ1) is 13.7. The first-order valence-corrected chi connectivity index (χ1v) is 10.2. The number of carbonyl (C=O) groups excluding carboxylic acids is 1. The van der Waals surface area contributed by atoms with Crippen LogP contribution in [0.3, 0.4) is 0 Å². The fourth-order valence-electron chi connectivity index (χ4n) is 3.30. The zero-order chi connectivity index (χ0) is 20.0. The molecule has 0 spiro atoms. The highest BCUT2D eigenvalue weighted by Gasteiger charge is 2.16. The maximum atomic E-state index is 11.4. The van der Waals surface area contributed by atoms with Crippen LogP contribution in [0.1, 0.15) is 44.3 Å². The minimum absolute atomic E-state index is 0.0490. The number of esters is 1. The molecule has 1 aromatic carbocycles. The van der Waals surface area contributed by atoms with Gasteiger partial charge in [-0.2, -0.15) is 0 Å². The average Bonchev–Trinajstić information content (AvgIpc) is 3.01. The fraction of sp³-hybridized carbons (Fsp3) is 0.458. The van der Waals surface area contributed by atoms with Crippen molar-refractivity contribution in [2.45, 2.75) is 38.7 Å². The van der Waals surface area contributed by atoms with E-state index in [4.69, 9.17) is 9.47 Å². The molecule has 0 saturated carbocycles. The van der Waals surface area contributed by atoms with Crippen LogP contribution in [0.5, 0.6) is 0 Å². The quantitative estimate of drug-likeness (QED) is 0.382. The van der Waals surface area contributed by atoms with E-state index in [1.807, 2.05) is 6.07 Å². The van der Waals surface area contributed by atoms with Gasteiger partial charge in [-0.3, -0.25) is 4.79 Å². The summed E-state index contributed by atoms with van der Waals surface area (Å²) in [5.41, 5.74) is 2.38. The maximum absolute atomic E-state index is 11.4. The van der Waals surface area contributed by atoms with Crippen LogP contribution in [0.2, 0.25) is 0 Å². The van der Waals surface area contributed by atoms with Crippen LogP contribution in [0, 0.1) is 0 Å². The molecule has 4 heteroatoms. The summed E-state index contributed by atoms with van der Waals surface area (Å²) < 4.78 is 11.1. The molecule has 0 N–H and O–H groups in total. The zero-order valence-corrected chi connectivity index (χ0v) is 17.2. The van der Waals surface area contributed by atoms with E-state index in [1.54, 1.807) is 0 Å². The van der Waals surface area contributed by atoms with E-state index in [0.717, 1.165) is 38.9 Å². The number of carbonyl (C=O) groups is 1. The predicted octanol–water partition coefficient (Wildman–Crippen LogP) is 4.85. The lowest BCUT2D eigenvalue weighted by atomic mass is 10.0. The Balaban J connectivity index is 1.90. The average molecular weight is 384 g/mol. The molecule has 1 aliphatic carbocycles. The largest absolute Gasteiger partial charge is 0.469 e. The minimum atomic E-state index is -0.151. The van der Waals surface area contributed by atoms with Crippen LogP contribution >= 0.6 is 0 Å². The Hall–Kier alpha value is -2.17. The van der Waals surface area contributed by atoms with Gasteiger partial charge in [-0.1, -0.05) is 67.6 Å². The Kier molecular flexibility index (Phi) is 10.3. The van der Waals surface area contributed by atoms with Crippen molar-refractivity contribution in [3.63, 3.8) is 0 Å². The fourth-order valence-corrected chi connectivity index (χ4v) is 3.30. The van der Waals surface area contributed by atoms with Gasteiger partial charge in [0.15, 0.2) is 0 Å². The normalized spacial score (nSPS) is 14.6. The molecule has 0 radical (unpaired) electrons. The van der Waals surface area contributed by atoms with Crippen molar-refractivity contribution >= 4 is 5.97 Å². The van der Waals surface area contributed by atoms with Crippen LogP contribution in [0.15, 0.2) is 66.3 Å². The molecular weight excluding hydrogens is 350 g/mol. The smallest absolute Gasteiger partial charge is 0.306 e. The summed E-state index contributed by atoms with van der Waals surface area (Å²) in [5.74, 6) is -0.151. The molecule has 0 amide bonds. The van der Waals surface area contributed by atoms with Crippen LogP contribution in [-0.2, 0) is 14.3 Å². The van der Waals surface area contributed by atoms with Gasteiger partial charge < -0.3 is 14.4 Å². The molecule has 152 valence electrons. The van der Waals surface area contributed by atoms with Gasteiger partial charge >= 0.3 is 5.97 Å². The van der Waals surface area contributed by atoms with Crippen LogP contribution < -0.4 is 0 Å². The van der Waals surface area contributed by atoms with Crippen LogP contribution in [-0.4, -0.2) is 44.2 Å². The first kappa shape index (κ1) is 22.1. The van der Waals surface area contributed by atoms with E-state index >= 15 is 0 Å². The minimum Gasteiger partial charge on any atom is -0.469 e. The van der Waals surface area contributed by atoms with Gasteiger partial charge in [0, 0.05) is 19.7 Å². The lowest BCUT2D eigenvalue weighted by Crippen LogP contribution is -2.29. The Bertz CT molecular complexity index is 664. The van der Waals surface area contributed by atoms with Crippen LogP contribution in [0.4, 0.5) is 0 Å². The lowest BCUT2D eigenvalue weighted by Gasteiger charge is -2.23. The Labute approximate surface area is 169 Å². The second-order valence-electron chi connectivity index (χ2n) is 6.91. The van der Waals surface area contributed by atoms with Gasteiger partial charge in [-0.15, -0.1) is 0 Å². The molecule has 0 fully saturated rings. The number of allylic oxidation sites excluding steroid dienone is 4. The van der Waals surface area contributed by atoms with Crippen molar-refractivity contribution in [1.82, 2.24) is 4.90 Å². The van der Waals surface area contributed by atoms with Gasteiger partial charge in [-0.05, 0) is 36.9 Å². The summed E-state index contributed by atoms with van der Waals surface area (Å²) in [6.45, 7) is 5.48. The summed E-state index contributed by atoms with van der Waals surface area (Å²) in [7, 11) is 1.44. The summed E-state index contributed by atoms with van der Waals surface area (Å²) in [5, 5.41) is 0. The molecule has 0 bridgehead atoms. The van der Waals surface area contributed by atoms with Crippen LogP contribution in [0.25, 0.3) is 0 Å². The van der Waals surface area contributed by atoms with Gasteiger partial charge in [0.25, 0.3) is 0 Å². The van der Waals surface area contributed by atoms with Crippen molar-refractivity contribution in [1.29, 1.82) is 0 Å². The molecule has 0 heterocycles. The highest BCUT2D eigenvalue weighted by atomic mass is 16.5. The molecule has 2 rings (SSSR count). The molecule has 1 aliphatic rings. The van der Waals surface area contributed by atoms with E-state index < -0.39 is 0 Å². The zero-order valence-electron chi connectivity index (χ0n) is 17.2. The number of hydrogen-bond donors (Lipinski definition) is 0. The first-order valence-electron chi connectivity index (χ1n) is 10.2. The third kappa shape index (κ3) is 7.83. The Morgan fingerprint density at radius 1 is 1.14 bits per heavy atom. The summed E-state index contributed by atoms with van der Waals surface area (Å²) in [6.07, 6.45) is 14.0. The molecule has 0 saturated heterocycles. The highest BCUT2D eigenvalue weighted by Crippen LogP contribution is 2.28. The molecule has 1 aromatic rings. The second-order valence-corrected chi connectivity index (χ2v) is 6.91. The number of benzene rings is 1. The van der Waals surface area contributed by atoms with Gasteiger partial charge in [0.2, 0.25) is 0 Å². The van der Waals surface area contributed by atoms with Crippen molar-refractivity contribution in [3.05, 3.63) is 71.8 Å². The van der Waals surface area contributed by atoms with Gasteiger partial charge in [0.05, 0.1) is 13.5 Å². The monoisotopic (exact) mass is 383 g/mol. The summed E-state index contributed by atoms with van der Waals surface area (Å²) in [4.78, 5) is 13.7. The highest BCUT2D eigenvalue weighted by molar-refractivity contribution is 5.69. The topological polar surface area (TPSA) is 38.8 Å².